The van der Waals surface area contributed by atoms with Crippen molar-refractivity contribution in [1.82, 2.24) is 9.03 Å². The predicted molar refractivity (Wildman–Crippen MR) is 61.0 cm³/mol. The molecule has 6 heteroatoms. The van der Waals surface area contributed by atoms with Crippen LogP contribution in [-0.2, 0) is 15.7 Å². The molecule has 1 aromatic heterocycles. The summed E-state index contributed by atoms with van der Waals surface area (Å²) in [4.78, 5) is 1.07. The van der Waals surface area contributed by atoms with Crippen LogP contribution in [0, 0.1) is 0 Å². The van der Waals surface area contributed by atoms with E-state index in [1.54, 1.807) is 18.4 Å². The second-order valence-electron chi connectivity index (χ2n) is 3.99. The van der Waals surface area contributed by atoms with Gasteiger partial charge in [-0.05, 0) is 24.8 Å². The molecule has 0 radical (unpaired) electrons. The van der Waals surface area contributed by atoms with E-state index in [9.17, 15) is 8.42 Å². The molecule has 0 aromatic carbocycles. The average molecular weight is 246 g/mol. The first-order chi connectivity index (χ1) is 6.94. The Labute approximate surface area is 94.1 Å². The standard InChI is InChI=1S/C9H14N2O2S2/c1-9(8-4-3-7-14-8)5-6-11(2)15(12,13)10-9/h3-4,7,10H,5-6H2,1-2H3/t9-/m1/s1. The van der Waals surface area contributed by atoms with Crippen molar-refractivity contribution in [3.63, 3.8) is 0 Å². The quantitative estimate of drug-likeness (QED) is 0.807. The lowest BCUT2D eigenvalue weighted by molar-refractivity contribution is 0.307. The fraction of sp³-hybridized carbons (Fsp3) is 0.556. The molecule has 1 aliphatic rings. The highest BCUT2D eigenvalue weighted by Crippen LogP contribution is 2.32. The molecule has 1 aliphatic heterocycles. The van der Waals surface area contributed by atoms with Crippen LogP contribution in [0.4, 0.5) is 0 Å². The summed E-state index contributed by atoms with van der Waals surface area (Å²) >= 11 is 1.58. The van der Waals surface area contributed by atoms with Gasteiger partial charge in [-0.2, -0.15) is 17.4 Å². The number of hydrogen-bond acceptors (Lipinski definition) is 3. The summed E-state index contributed by atoms with van der Waals surface area (Å²) in [6.45, 7) is 2.49. The first-order valence-electron chi connectivity index (χ1n) is 4.73. The SMILES string of the molecule is CN1CC[C@](C)(c2cccs2)NS1(=O)=O. The lowest BCUT2D eigenvalue weighted by Gasteiger charge is -2.37. The van der Waals surface area contributed by atoms with Crippen molar-refractivity contribution >= 4 is 21.5 Å². The zero-order valence-electron chi connectivity index (χ0n) is 8.73. The van der Waals surface area contributed by atoms with E-state index < -0.39 is 15.7 Å². The van der Waals surface area contributed by atoms with Crippen LogP contribution in [0.5, 0.6) is 0 Å². The number of rotatable bonds is 1. The summed E-state index contributed by atoms with van der Waals surface area (Å²) in [5, 5.41) is 1.97. The summed E-state index contributed by atoms with van der Waals surface area (Å²) in [5.41, 5.74) is -0.445. The molecule has 0 amide bonds. The van der Waals surface area contributed by atoms with Gasteiger partial charge in [-0.25, -0.2) is 0 Å². The molecule has 0 spiro atoms. The maximum absolute atomic E-state index is 11.7. The van der Waals surface area contributed by atoms with E-state index in [4.69, 9.17) is 0 Å². The Morgan fingerprint density at radius 2 is 2.33 bits per heavy atom. The normalized spacial score (nSPS) is 31.6. The highest BCUT2D eigenvalue weighted by Gasteiger charge is 2.38. The first kappa shape index (κ1) is 11.1. The van der Waals surface area contributed by atoms with Crippen molar-refractivity contribution in [2.75, 3.05) is 13.6 Å². The molecule has 1 atom stereocenters. The maximum atomic E-state index is 11.7. The van der Waals surface area contributed by atoms with Crippen molar-refractivity contribution in [3.8, 4) is 0 Å². The lowest BCUT2D eigenvalue weighted by atomic mass is 9.97. The van der Waals surface area contributed by atoms with E-state index in [2.05, 4.69) is 4.72 Å². The van der Waals surface area contributed by atoms with Crippen LogP contribution in [0.15, 0.2) is 17.5 Å². The van der Waals surface area contributed by atoms with Crippen molar-refractivity contribution in [2.45, 2.75) is 18.9 Å². The number of hydrogen-bond donors (Lipinski definition) is 1. The lowest BCUT2D eigenvalue weighted by Crippen LogP contribution is -2.55. The van der Waals surface area contributed by atoms with Gasteiger partial charge in [-0.15, -0.1) is 11.3 Å². The van der Waals surface area contributed by atoms with Gasteiger partial charge in [0.05, 0.1) is 5.54 Å². The fourth-order valence-electron chi connectivity index (χ4n) is 1.68. The van der Waals surface area contributed by atoms with E-state index in [0.29, 0.717) is 6.54 Å². The van der Waals surface area contributed by atoms with Crippen LogP contribution in [0.1, 0.15) is 18.2 Å². The van der Waals surface area contributed by atoms with Crippen LogP contribution >= 0.6 is 11.3 Å². The van der Waals surface area contributed by atoms with Crippen molar-refractivity contribution in [3.05, 3.63) is 22.4 Å². The molecule has 15 heavy (non-hydrogen) atoms. The molecule has 0 saturated carbocycles. The summed E-state index contributed by atoms with van der Waals surface area (Å²) < 4.78 is 27.5. The summed E-state index contributed by atoms with van der Waals surface area (Å²) in [7, 11) is -1.71. The zero-order chi connectivity index (χ0) is 11.1. The minimum Gasteiger partial charge on any atom is -0.195 e. The second kappa shape index (κ2) is 3.55. The number of nitrogens with zero attached hydrogens (tertiary/aromatic N) is 1. The molecule has 0 bridgehead atoms. The Bertz CT molecular complexity index is 441. The third-order valence-corrected chi connectivity index (χ3v) is 5.60. The highest BCUT2D eigenvalue weighted by atomic mass is 32.2. The monoisotopic (exact) mass is 246 g/mol. The van der Waals surface area contributed by atoms with Crippen LogP contribution < -0.4 is 4.72 Å². The molecule has 1 aromatic rings. The van der Waals surface area contributed by atoms with Gasteiger partial charge in [0.1, 0.15) is 0 Å². The second-order valence-corrected chi connectivity index (χ2v) is 6.71. The summed E-state index contributed by atoms with van der Waals surface area (Å²) in [6, 6.07) is 3.91. The minimum absolute atomic E-state index is 0.445. The third kappa shape index (κ3) is 1.94. The fourth-order valence-corrected chi connectivity index (χ4v) is 3.89. The number of nitrogens with one attached hydrogen (secondary N) is 1. The van der Waals surface area contributed by atoms with Gasteiger partial charge in [0, 0.05) is 18.5 Å². The molecule has 1 fully saturated rings. The van der Waals surface area contributed by atoms with Crippen LogP contribution in [-0.4, -0.2) is 26.3 Å². The highest BCUT2D eigenvalue weighted by molar-refractivity contribution is 7.87. The Hall–Kier alpha value is -0.430. The molecule has 1 saturated heterocycles. The summed E-state index contributed by atoms with van der Waals surface area (Å²) in [6.07, 6.45) is 0.795. The predicted octanol–water partition coefficient (Wildman–Crippen LogP) is 1.13. The Morgan fingerprint density at radius 3 is 2.87 bits per heavy atom. The van der Waals surface area contributed by atoms with Crippen LogP contribution in [0.2, 0.25) is 0 Å². The topological polar surface area (TPSA) is 49.4 Å². The van der Waals surface area contributed by atoms with E-state index >= 15 is 0 Å². The maximum Gasteiger partial charge on any atom is 0.280 e. The zero-order valence-corrected chi connectivity index (χ0v) is 10.4. The molecule has 4 nitrogen and oxygen atoms in total. The van der Waals surface area contributed by atoms with E-state index in [1.807, 2.05) is 24.4 Å². The van der Waals surface area contributed by atoms with Gasteiger partial charge in [-0.1, -0.05) is 6.07 Å². The largest absolute Gasteiger partial charge is 0.280 e. The van der Waals surface area contributed by atoms with Crippen LogP contribution in [0.3, 0.4) is 0 Å². The molecule has 0 unspecified atom stereocenters. The van der Waals surface area contributed by atoms with Crippen molar-refractivity contribution in [1.29, 1.82) is 0 Å². The van der Waals surface area contributed by atoms with E-state index in [1.165, 1.54) is 4.31 Å². The van der Waals surface area contributed by atoms with Gasteiger partial charge < -0.3 is 0 Å². The molecule has 2 heterocycles. The van der Waals surface area contributed by atoms with E-state index in [-0.39, 0.29) is 0 Å². The summed E-state index contributed by atoms with van der Waals surface area (Å²) in [5.74, 6) is 0. The average Bonchev–Trinajstić information content (AvgIpc) is 2.64. The molecule has 1 N–H and O–H groups in total. The van der Waals surface area contributed by atoms with Gasteiger partial charge in [0.15, 0.2) is 0 Å². The Morgan fingerprint density at radius 1 is 1.60 bits per heavy atom. The molecular formula is C9H14N2O2S2. The molecule has 84 valence electrons. The van der Waals surface area contributed by atoms with Crippen molar-refractivity contribution < 1.29 is 8.42 Å². The van der Waals surface area contributed by atoms with Gasteiger partial charge in [-0.3, -0.25) is 0 Å². The van der Waals surface area contributed by atoms with E-state index in [0.717, 1.165) is 11.3 Å². The van der Waals surface area contributed by atoms with Gasteiger partial charge in [0.2, 0.25) is 0 Å². The smallest absolute Gasteiger partial charge is 0.195 e. The van der Waals surface area contributed by atoms with Crippen LogP contribution in [0.25, 0.3) is 0 Å². The van der Waals surface area contributed by atoms with Gasteiger partial charge in [0.25, 0.3) is 10.2 Å². The third-order valence-electron chi connectivity index (χ3n) is 2.76. The Kier molecular flexibility index (Phi) is 2.62. The molecule has 0 aliphatic carbocycles. The molecule has 2 rings (SSSR count). The van der Waals surface area contributed by atoms with Crippen molar-refractivity contribution in [2.24, 2.45) is 0 Å². The molecular weight excluding hydrogens is 232 g/mol. The van der Waals surface area contributed by atoms with Gasteiger partial charge >= 0.3 is 0 Å². The first-order valence-corrected chi connectivity index (χ1v) is 7.05. The Balaban J connectivity index is 2.33. The number of thiophene rings is 1. The minimum atomic E-state index is -3.31.